The fourth-order valence-corrected chi connectivity index (χ4v) is 11.8. The lowest BCUT2D eigenvalue weighted by Gasteiger charge is -2.36. The van der Waals surface area contributed by atoms with Crippen molar-refractivity contribution in [1.82, 2.24) is 15.1 Å². The van der Waals surface area contributed by atoms with Crippen LogP contribution >= 0.6 is 30.7 Å². The number of alkyl halides is 2. The molecule has 6 atom stereocenters. The van der Waals surface area contributed by atoms with Crippen LogP contribution in [0.5, 0.6) is 5.75 Å². The van der Waals surface area contributed by atoms with E-state index in [-0.39, 0.29) is 75.1 Å². The van der Waals surface area contributed by atoms with E-state index in [9.17, 15) is 34.3 Å². The van der Waals surface area contributed by atoms with Crippen molar-refractivity contribution in [1.29, 1.82) is 10.5 Å². The predicted octanol–water partition coefficient (Wildman–Crippen LogP) is 8.97. The molecule has 3 aliphatic heterocycles. The number of nitriles is 2. The Labute approximate surface area is 367 Å². The maximum absolute atomic E-state index is 16.5. The van der Waals surface area contributed by atoms with Crippen molar-refractivity contribution in [2.24, 2.45) is 5.92 Å². The van der Waals surface area contributed by atoms with Crippen molar-refractivity contribution in [3.63, 3.8) is 0 Å². The summed E-state index contributed by atoms with van der Waals surface area (Å²) in [6, 6.07) is 22.3. The molecule has 17 heteroatoms. The number of rotatable bonds is 14. The third-order valence-electron chi connectivity index (χ3n) is 11.6. The Hall–Kier alpha value is -5.12. The van der Waals surface area contributed by atoms with Crippen LogP contribution in [-0.4, -0.2) is 76.2 Å². The van der Waals surface area contributed by atoms with Crippen LogP contribution < -0.4 is 9.84 Å². The number of hydrogen-bond donors (Lipinski definition) is 1. The first-order valence-electron chi connectivity index (χ1n) is 20.7. The number of nitrogens with zero attached hydrogens (tertiary/aromatic N) is 4. The summed E-state index contributed by atoms with van der Waals surface area (Å²) in [5.41, 5.74) is -3.85. The molecule has 1 aromatic heterocycles. The first-order valence-corrected chi connectivity index (χ1v) is 24.1. The zero-order valence-corrected chi connectivity index (χ0v) is 36.6. The molecule has 4 heterocycles. The fourth-order valence-electron chi connectivity index (χ4n) is 8.52. The molecule has 62 heavy (non-hydrogen) atoms. The second-order valence-corrected chi connectivity index (χ2v) is 20.0. The van der Waals surface area contributed by atoms with Gasteiger partial charge in [-0.1, -0.05) is 74.0 Å². The summed E-state index contributed by atoms with van der Waals surface area (Å²) in [5, 5.41) is 22.3. The minimum Gasteiger partial charge on any atom is -0.420 e. The van der Waals surface area contributed by atoms with Gasteiger partial charge >= 0.3 is 13.3 Å². The molecular weight excluding hydrogens is 856 g/mol. The smallest absolute Gasteiger partial charge is 0.420 e. The normalized spacial score (nSPS) is 22.5. The first kappa shape index (κ1) is 44.9. The highest BCUT2D eigenvalue weighted by molar-refractivity contribution is 8.13. The lowest BCUT2D eigenvalue weighted by atomic mass is 9.90. The maximum Gasteiger partial charge on any atom is 0.453 e. The average molecular weight is 902 g/mol. The number of halogens is 2. The van der Waals surface area contributed by atoms with Gasteiger partial charge in [0.15, 0.2) is 5.12 Å². The van der Waals surface area contributed by atoms with Crippen LogP contribution in [0.4, 0.5) is 8.78 Å². The van der Waals surface area contributed by atoms with Crippen molar-refractivity contribution in [2.45, 2.75) is 88.0 Å². The van der Waals surface area contributed by atoms with Gasteiger partial charge in [-0.15, -0.1) is 11.3 Å². The first-order chi connectivity index (χ1) is 29.8. The molecule has 0 radical (unpaired) electrons. The lowest BCUT2D eigenvalue weighted by Crippen LogP contribution is -2.56. The van der Waals surface area contributed by atoms with E-state index in [4.69, 9.17) is 9.05 Å². The Morgan fingerprint density at radius 2 is 1.77 bits per heavy atom. The van der Waals surface area contributed by atoms with E-state index in [0.717, 1.165) is 53.6 Å². The van der Waals surface area contributed by atoms with Gasteiger partial charge in [0.2, 0.25) is 11.8 Å². The summed E-state index contributed by atoms with van der Waals surface area (Å²) in [5.74, 6) is -1.95. The largest absolute Gasteiger partial charge is 0.453 e. The number of nitrogens with one attached hydrogen (secondary N) is 1. The van der Waals surface area contributed by atoms with Gasteiger partial charge in [0.25, 0.3) is 5.91 Å². The molecule has 0 aliphatic carbocycles. The second kappa shape index (κ2) is 19.5. The van der Waals surface area contributed by atoms with Crippen LogP contribution in [-0.2, 0) is 29.1 Å². The molecule has 1 N–H and O–H groups in total. The minimum absolute atomic E-state index is 0.0439. The molecule has 12 nitrogen and oxygen atoms in total. The summed E-state index contributed by atoms with van der Waals surface area (Å²) in [4.78, 5) is 57.9. The van der Waals surface area contributed by atoms with Gasteiger partial charge in [-0.3, -0.25) is 23.7 Å². The molecule has 3 aliphatic rings. The molecule has 0 saturated carbocycles. The van der Waals surface area contributed by atoms with E-state index in [0.29, 0.717) is 43.3 Å². The summed E-state index contributed by atoms with van der Waals surface area (Å²) in [6.45, 7) is 1.99. The van der Waals surface area contributed by atoms with Gasteiger partial charge in [0.05, 0.1) is 35.1 Å². The molecule has 7 rings (SSSR count). The third kappa shape index (κ3) is 9.59. The summed E-state index contributed by atoms with van der Waals surface area (Å²) in [7, 11) is -5.38. The van der Waals surface area contributed by atoms with Gasteiger partial charge in [0.1, 0.15) is 17.8 Å². The maximum atomic E-state index is 16.5. The summed E-state index contributed by atoms with van der Waals surface area (Å²) >= 11 is 1.92. The highest BCUT2D eigenvalue weighted by atomic mass is 32.2. The van der Waals surface area contributed by atoms with Crippen molar-refractivity contribution < 1.29 is 41.6 Å². The van der Waals surface area contributed by atoms with Crippen LogP contribution in [0.2, 0.25) is 0 Å². The van der Waals surface area contributed by atoms with E-state index < -0.39 is 43.4 Å². The molecule has 0 bridgehead atoms. The molecular formula is C45H46F2N5O7PS2. The zero-order chi connectivity index (χ0) is 44.0. The standard InChI is InChI=1S/C45H46F2N5O7PS2/c1-2-9-41(53)61-21-20-58-60(57,59-35-14-8-10-29(22-35)25-48)45(46,47)33-16-19-39-31(23-33)24-40(62-39)42(54)50-37-15-7-6-13-34-17-18-38(52(34)43(37)55)44(56)51-27-32(26-49)36(28-51)30-11-4-3-5-12-30/h3-5,8,10-12,14,16,19,22-24,32,34,36-38H,2,6-7,9,13,15,17-18,20-21,27-28H2,1H3,(H,50,54)/t32-,34+,36+,37+,38+,60?/m1/s1. The summed E-state index contributed by atoms with van der Waals surface area (Å²) < 4.78 is 58.4. The van der Waals surface area contributed by atoms with Crippen LogP contribution in [0.1, 0.15) is 90.6 Å². The van der Waals surface area contributed by atoms with Crippen LogP contribution in [0, 0.1) is 28.6 Å². The number of carbonyl (C=O) groups is 4. The fraction of sp³-hybridized carbons (Fsp3) is 0.422. The highest BCUT2D eigenvalue weighted by Crippen LogP contribution is 2.66. The van der Waals surface area contributed by atoms with Crippen molar-refractivity contribution in [3.8, 4) is 17.9 Å². The number of benzene rings is 3. The Bertz CT molecular complexity index is 2460. The van der Waals surface area contributed by atoms with Crippen molar-refractivity contribution in [3.05, 3.63) is 100 Å². The predicted molar refractivity (Wildman–Crippen MR) is 232 cm³/mol. The van der Waals surface area contributed by atoms with Crippen molar-refractivity contribution >= 4 is 63.6 Å². The van der Waals surface area contributed by atoms with E-state index in [2.05, 4.69) is 11.4 Å². The summed E-state index contributed by atoms with van der Waals surface area (Å²) in [6.07, 6.45) is 4.59. The molecule has 0 spiro atoms. The Morgan fingerprint density at radius 3 is 2.53 bits per heavy atom. The van der Waals surface area contributed by atoms with Crippen molar-refractivity contribution in [2.75, 3.05) is 25.4 Å². The molecule has 3 fully saturated rings. The number of fused-ring (bicyclic) bond motifs is 2. The van der Waals surface area contributed by atoms with Gasteiger partial charge in [-0.05, 0) is 79.5 Å². The highest BCUT2D eigenvalue weighted by Gasteiger charge is 2.57. The number of thioether (sulfide) groups is 1. The minimum atomic E-state index is -5.38. The SMILES string of the molecule is CCCC(=O)SCCOP(=O)(Oc1cccc(C#N)c1)C(F)(F)c1ccc2sc(C(=O)N[C@H]3CCCC[C@H]4CC[C@@H](C(=O)N5C[C@@H](C#N)[C@H](c6ccccc6)C5)N4C3=O)cc2c1. The second-order valence-electron chi connectivity index (χ2n) is 15.7. The average Bonchev–Trinajstić information content (AvgIpc) is 4.02. The van der Waals surface area contributed by atoms with E-state index in [1.165, 1.54) is 36.4 Å². The number of likely N-dealkylation sites (tertiary alicyclic amines) is 1. The Balaban J connectivity index is 1.07. The molecule has 3 saturated heterocycles. The Kier molecular flexibility index (Phi) is 14.1. The van der Waals surface area contributed by atoms with Crippen LogP contribution in [0.25, 0.3) is 10.1 Å². The van der Waals surface area contributed by atoms with Gasteiger partial charge in [0, 0.05) is 47.5 Å². The monoisotopic (exact) mass is 901 g/mol. The molecule has 3 aromatic carbocycles. The number of hydrogen-bond acceptors (Lipinski definition) is 11. The van der Waals surface area contributed by atoms with E-state index in [1.54, 1.807) is 9.80 Å². The lowest BCUT2D eigenvalue weighted by molar-refractivity contribution is -0.146. The van der Waals surface area contributed by atoms with E-state index >= 15 is 8.78 Å². The van der Waals surface area contributed by atoms with Crippen LogP contribution in [0.3, 0.4) is 0 Å². The Morgan fingerprint density at radius 1 is 0.984 bits per heavy atom. The van der Waals surface area contributed by atoms with Gasteiger partial charge < -0.3 is 19.6 Å². The van der Waals surface area contributed by atoms with E-state index in [1.807, 2.05) is 43.3 Å². The zero-order valence-electron chi connectivity index (χ0n) is 34.0. The molecule has 1 unspecified atom stereocenters. The number of carbonyl (C=O) groups excluding carboxylic acids is 4. The van der Waals surface area contributed by atoms with Gasteiger partial charge in [-0.25, -0.2) is 4.57 Å². The quantitative estimate of drug-likeness (QED) is 0.0952. The number of amides is 3. The molecule has 324 valence electrons. The van der Waals surface area contributed by atoms with Gasteiger partial charge in [-0.2, -0.15) is 19.3 Å². The van der Waals surface area contributed by atoms with Crippen LogP contribution in [0.15, 0.2) is 78.9 Å². The third-order valence-corrected chi connectivity index (χ3v) is 15.6. The molecule has 3 amide bonds. The number of thiophene rings is 1. The topological polar surface area (TPSA) is 170 Å². The molecule has 4 aromatic rings.